The molecule has 0 spiro atoms. The lowest BCUT2D eigenvalue weighted by Crippen LogP contribution is -2.35. The third-order valence-electron chi connectivity index (χ3n) is 5.19. The van der Waals surface area contributed by atoms with Gasteiger partial charge in [-0.2, -0.15) is 5.10 Å². The topological polar surface area (TPSA) is 70.7 Å². The van der Waals surface area contributed by atoms with Crippen molar-refractivity contribution in [2.24, 2.45) is 5.92 Å². The van der Waals surface area contributed by atoms with Crippen molar-refractivity contribution in [2.75, 3.05) is 5.32 Å². The molecule has 2 N–H and O–H groups in total. The van der Waals surface area contributed by atoms with Gasteiger partial charge < -0.3 is 5.32 Å². The number of aryl methyl sites for hydroxylation is 1. The number of hydrogen-bond acceptors (Lipinski definition) is 4. The number of anilines is 1. The van der Waals surface area contributed by atoms with Gasteiger partial charge in [-0.3, -0.25) is 9.89 Å². The zero-order chi connectivity index (χ0) is 18.5. The van der Waals surface area contributed by atoms with Crippen LogP contribution in [0.3, 0.4) is 0 Å². The Morgan fingerprint density at radius 1 is 1.30 bits per heavy atom. The number of fused-ring (bicyclic) bond motifs is 2. The summed E-state index contributed by atoms with van der Waals surface area (Å²) in [5.74, 6) is -0.369. The Morgan fingerprint density at radius 2 is 2.15 bits per heavy atom. The number of halogens is 1. The molecule has 1 fully saturated rings. The molecule has 1 amide bonds. The molecule has 2 aromatic carbocycles. The van der Waals surface area contributed by atoms with Gasteiger partial charge in [0.25, 0.3) is 0 Å². The average Bonchev–Trinajstić information content (AvgIpc) is 3.24. The summed E-state index contributed by atoms with van der Waals surface area (Å²) in [6.07, 6.45) is 1.63. The van der Waals surface area contributed by atoms with Crippen molar-refractivity contribution >= 4 is 43.5 Å². The maximum atomic E-state index is 13.0. The Balaban J connectivity index is 1.49. The van der Waals surface area contributed by atoms with Crippen molar-refractivity contribution in [3.05, 3.63) is 42.1 Å². The van der Waals surface area contributed by atoms with Crippen LogP contribution in [-0.2, 0) is 4.79 Å². The highest BCUT2D eigenvalue weighted by Crippen LogP contribution is 2.36. The molecule has 7 heteroatoms. The first-order chi connectivity index (χ1) is 13.1. The van der Waals surface area contributed by atoms with E-state index in [1.165, 1.54) is 16.9 Å². The van der Waals surface area contributed by atoms with Crippen LogP contribution >= 0.6 is 11.3 Å². The maximum absolute atomic E-state index is 13.0. The van der Waals surface area contributed by atoms with Crippen LogP contribution in [0.15, 0.2) is 36.5 Å². The average molecular weight is 380 g/mol. The molecule has 27 heavy (non-hydrogen) atoms. The van der Waals surface area contributed by atoms with Gasteiger partial charge in [0.05, 0.1) is 21.9 Å². The SMILES string of the molecule is Cc1ccc2[nH]ncc2c1-c1ccc2nc(NC(=O)C3CC(F)C3)sc2c1. The molecule has 1 aliphatic carbocycles. The molecule has 0 atom stereocenters. The highest BCUT2D eigenvalue weighted by atomic mass is 32.1. The van der Waals surface area contributed by atoms with Crippen molar-refractivity contribution in [3.63, 3.8) is 0 Å². The summed E-state index contributed by atoms with van der Waals surface area (Å²) in [6, 6.07) is 10.2. The maximum Gasteiger partial charge on any atom is 0.229 e. The summed E-state index contributed by atoms with van der Waals surface area (Å²) in [5, 5.41) is 11.6. The number of carbonyl (C=O) groups is 1. The summed E-state index contributed by atoms with van der Waals surface area (Å²) in [6.45, 7) is 2.08. The molecular weight excluding hydrogens is 363 g/mol. The predicted octanol–water partition coefficient (Wildman–Crippen LogP) is 4.83. The van der Waals surface area contributed by atoms with E-state index in [0.717, 1.165) is 32.2 Å². The molecule has 0 aliphatic heterocycles. The van der Waals surface area contributed by atoms with Crippen LogP contribution in [0.25, 0.3) is 32.2 Å². The zero-order valence-corrected chi connectivity index (χ0v) is 15.4. The molecular formula is C20H17FN4OS. The number of hydrogen-bond donors (Lipinski definition) is 2. The van der Waals surface area contributed by atoms with Crippen molar-refractivity contribution in [1.82, 2.24) is 15.2 Å². The van der Waals surface area contributed by atoms with E-state index in [9.17, 15) is 9.18 Å². The van der Waals surface area contributed by atoms with E-state index in [0.29, 0.717) is 18.0 Å². The minimum atomic E-state index is -0.840. The van der Waals surface area contributed by atoms with Crippen LogP contribution in [0, 0.1) is 12.8 Å². The lowest BCUT2D eigenvalue weighted by molar-refractivity contribution is -0.124. The second-order valence-electron chi connectivity index (χ2n) is 7.05. The summed E-state index contributed by atoms with van der Waals surface area (Å²) in [7, 11) is 0. The number of amides is 1. The van der Waals surface area contributed by atoms with Crippen LogP contribution in [0.2, 0.25) is 0 Å². The van der Waals surface area contributed by atoms with Gasteiger partial charge in [-0.15, -0.1) is 0 Å². The fourth-order valence-corrected chi connectivity index (χ4v) is 4.52. The molecule has 2 heterocycles. The fourth-order valence-electron chi connectivity index (χ4n) is 3.61. The number of H-pyrrole nitrogens is 1. The quantitative estimate of drug-likeness (QED) is 0.534. The van der Waals surface area contributed by atoms with E-state index in [4.69, 9.17) is 0 Å². The highest BCUT2D eigenvalue weighted by Gasteiger charge is 2.34. The van der Waals surface area contributed by atoms with Gasteiger partial charge in [-0.05, 0) is 54.7 Å². The van der Waals surface area contributed by atoms with Crippen molar-refractivity contribution in [3.8, 4) is 11.1 Å². The predicted molar refractivity (Wildman–Crippen MR) is 106 cm³/mol. The first-order valence-electron chi connectivity index (χ1n) is 8.87. The third-order valence-corrected chi connectivity index (χ3v) is 6.12. The molecule has 4 aromatic rings. The van der Waals surface area contributed by atoms with Crippen LogP contribution in [-0.4, -0.2) is 27.3 Å². The number of carbonyl (C=O) groups excluding carboxylic acids is 1. The third kappa shape index (κ3) is 2.78. The Kier molecular flexibility index (Phi) is 3.72. The largest absolute Gasteiger partial charge is 0.302 e. The Morgan fingerprint density at radius 3 is 2.96 bits per heavy atom. The zero-order valence-electron chi connectivity index (χ0n) is 14.6. The van der Waals surface area contributed by atoms with Gasteiger partial charge in [0.2, 0.25) is 5.91 Å². The van der Waals surface area contributed by atoms with Gasteiger partial charge >= 0.3 is 0 Å². The monoisotopic (exact) mass is 380 g/mol. The summed E-state index contributed by atoms with van der Waals surface area (Å²) in [5.41, 5.74) is 5.25. The van der Waals surface area contributed by atoms with Crippen LogP contribution in [0.4, 0.5) is 9.52 Å². The molecule has 0 unspecified atom stereocenters. The fraction of sp³-hybridized carbons (Fsp3) is 0.250. The van der Waals surface area contributed by atoms with E-state index >= 15 is 0 Å². The van der Waals surface area contributed by atoms with E-state index in [2.05, 4.69) is 39.6 Å². The van der Waals surface area contributed by atoms with Crippen LogP contribution in [0.5, 0.6) is 0 Å². The minimum absolute atomic E-state index is 0.137. The first kappa shape index (κ1) is 16.4. The van der Waals surface area contributed by atoms with Gasteiger partial charge in [0.1, 0.15) is 6.17 Å². The summed E-state index contributed by atoms with van der Waals surface area (Å²) in [4.78, 5) is 16.6. The number of thiazole rings is 1. The van der Waals surface area contributed by atoms with E-state index in [1.54, 1.807) is 0 Å². The Labute approximate surface area is 158 Å². The van der Waals surface area contributed by atoms with Gasteiger partial charge in [0.15, 0.2) is 5.13 Å². The molecule has 136 valence electrons. The van der Waals surface area contributed by atoms with E-state index in [-0.39, 0.29) is 11.8 Å². The first-order valence-corrected chi connectivity index (χ1v) is 9.69. The van der Waals surface area contributed by atoms with Gasteiger partial charge in [-0.1, -0.05) is 23.5 Å². The number of aromatic amines is 1. The van der Waals surface area contributed by atoms with Crippen molar-refractivity contribution < 1.29 is 9.18 Å². The van der Waals surface area contributed by atoms with Crippen LogP contribution < -0.4 is 5.32 Å². The van der Waals surface area contributed by atoms with Gasteiger partial charge in [0, 0.05) is 11.3 Å². The Bertz CT molecular complexity index is 1180. The molecule has 5 nitrogen and oxygen atoms in total. The number of alkyl halides is 1. The molecule has 1 aliphatic rings. The molecule has 0 radical (unpaired) electrons. The normalized spacial score (nSPS) is 19.3. The molecule has 0 bridgehead atoms. The molecule has 5 rings (SSSR count). The summed E-state index contributed by atoms with van der Waals surface area (Å²) < 4.78 is 14.0. The molecule has 0 saturated heterocycles. The van der Waals surface area contributed by atoms with Crippen molar-refractivity contribution in [2.45, 2.75) is 25.9 Å². The minimum Gasteiger partial charge on any atom is -0.302 e. The standard InChI is InChI=1S/C20H17FN4OS/c1-10-2-4-15-14(9-22-25-15)18(10)11-3-5-16-17(8-11)27-20(23-16)24-19(26)12-6-13(21)7-12/h2-5,8-9,12-13H,6-7H2,1H3,(H,22,25)(H,23,24,26). The molecule has 1 saturated carbocycles. The smallest absolute Gasteiger partial charge is 0.229 e. The second kappa shape index (κ2) is 6.13. The number of nitrogens with one attached hydrogen (secondary N) is 2. The van der Waals surface area contributed by atoms with E-state index < -0.39 is 6.17 Å². The lowest BCUT2D eigenvalue weighted by Gasteiger charge is -2.27. The number of rotatable bonds is 3. The molecule has 2 aromatic heterocycles. The lowest BCUT2D eigenvalue weighted by atomic mass is 9.83. The second-order valence-corrected chi connectivity index (χ2v) is 8.08. The number of benzene rings is 2. The Hall–Kier alpha value is -2.80. The number of nitrogens with zero attached hydrogens (tertiary/aromatic N) is 2. The van der Waals surface area contributed by atoms with E-state index in [1.807, 2.05) is 24.4 Å². The summed E-state index contributed by atoms with van der Waals surface area (Å²) >= 11 is 1.44. The van der Waals surface area contributed by atoms with Crippen LogP contribution in [0.1, 0.15) is 18.4 Å². The van der Waals surface area contributed by atoms with Gasteiger partial charge in [-0.25, -0.2) is 9.37 Å². The van der Waals surface area contributed by atoms with Crippen molar-refractivity contribution in [1.29, 1.82) is 0 Å². The number of aromatic nitrogens is 3. The highest BCUT2D eigenvalue weighted by molar-refractivity contribution is 7.22.